The average Bonchev–Trinajstić information content (AvgIpc) is 1.85. The molecule has 0 aromatic heterocycles. The van der Waals surface area contributed by atoms with Gasteiger partial charge in [0.1, 0.15) is 0 Å². The van der Waals surface area contributed by atoms with Crippen LogP contribution < -0.4 is 0 Å². The SMILES string of the molecule is CN(C)C.OC(CCl)CBr. The van der Waals surface area contributed by atoms with E-state index in [-0.39, 0.29) is 6.10 Å². The van der Waals surface area contributed by atoms with Gasteiger partial charge in [0.05, 0.1) is 6.10 Å². The summed E-state index contributed by atoms with van der Waals surface area (Å²) in [6, 6.07) is 0. The van der Waals surface area contributed by atoms with Crippen molar-refractivity contribution in [2.24, 2.45) is 0 Å². The van der Waals surface area contributed by atoms with Gasteiger partial charge in [-0.25, -0.2) is 0 Å². The van der Waals surface area contributed by atoms with Crippen molar-refractivity contribution in [3.05, 3.63) is 0 Å². The second-order valence-corrected chi connectivity index (χ2v) is 3.26. The summed E-state index contributed by atoms with van der Waals surface area (Å²) in [6.07, 6.45) is -0.383. The number of aliphatic hydroxyl groups excluding tert-OH is 1. The van der Waals surface area contributed by atoms with E-state index in [2.05, 4.69) is 15.9 Å². The van der Waals surface area contributed by atoms with Gasteiger partial charge in [-0.3, -0.25) is 0 Å². The van der Waals surface area contributed by atoms with E-state index in [0.717, 1.165) is 0 Å². The number of hydrogen-bond acceptors (Lipinski definition) is 2. The van der Waals surface area contributed by atoms with Crippen LogP contribution in [-0.4, -0.2) is 48.5 Å². The Morgan fingerprint density at radius 3 is 1.80 bits per heavy atom. The van der Waals surface area contributed by atoms with Gasteiger partial charge < -0.3 is 10.0 Å². The molecule has 0 amide bonds. The van der Waals surface area contributed by atoms with Crippen molar-refractivity contribution in [2.45, 2.75) is 6.10 Å². The lowest BCUT2D eigenvalue weighted by molar-refractivity contribution is 0.225. The molecule has 0 spiro atoms. The van der Waals surface area contributed by atoms with Gasteiger partial charge in [0.15, 0.2) is 0 Å². The zero-order valence-corrected chi connectivity index (χ0v) is 8.98. The Morgan fingerprint density at radius 1 is 1.50 bits per heavy atom. The molecule has 0 saturated heterocycles. The van der Waals surface area contributed by atoms with E-state index in [1.165, 1.54) is 0 Å². The monoisotopic (exact) mass is 231 g/mol. The fourth-order valence-corrected chi connectivity index (χ4v) is 0.643. The molecule has 1 atom stereocenters. The van der Waals surface area contributed by atoms with Crippen LogP contribution >= 0.6 is 27.5 Å². The topological polar surface area (TPSA) is 23.5 Å². The molecule has 0 heterocycles. The number of alkyl halides is 2. The lowest BCUT2D eigenvalue weighted by Crippen LogP contribution is -2.08. The third kappa shape index (κ3) is 23.4. The third-order valence-corrected chi connectivity index (χ3v) is 1.46. The molecular formula is C6H15BrClNO. The van der Waals surface area contributed by atoms with Crippen molar-refractivity contribution in [1.29, 1.82) is 0 Å². The molecule has 64 valence electrons. The number of hydrogen-bond donors (Lipinski definition) is 1. The first kappa shape index (κ1) is 13.3. The molecule has 0 rings (SSSR count). The van der Waals surface area contributed by atoms with Gasteiger partial charge in [-0.05, 0) is 21.1 Å². The summed E-state index contributed by atoms with van der Waals surface area (Å²) >= 11 is 8.21. The average molecular weight is 233 g/mol. The van der Waals surface area contributed by atoms with E-state index < -0.39 is 0 Å². The Morgan fingerprint density at radius 2 is 1.80 bits per heavy atom. The van der Waals surface area contributed by atoms with Crippen molar-refractivity contribution in [1.82, 2.24) is 4.90 Å². The van der Waals surface area contributed by atoms with Gasteiger partial charge in [-0.2, -0.15) is 0 Å². The van der Waals surface area contributed by atoms with E-state index in [0.29, 0.717) is 11.2 Å². The van der Waals surface area contributed by atoms with Crippen LogP contribution in [0.4, 0.5) is 0 Å². The zero-order valence-electron chi connectivity index (χ0n) is 6.64. The molecule has 0 saturated carbocycles. The Hall–Kier alpha value is 0.690. The molecule has 0 aromatic rings. The predicted octanol–water partition coefficient (Wildman–Crippen LogP) is 1.16. The molecule has 0 bridgehead atoms. The summed E-state index contributed by atoms with van der Waals surface area (Å²) in [5.41, 5.74) is 0. The molecule has 0 aliphatic rings. The molecular weight excluding hydrogens is 217 g/mol. The Balaban J connectivity index is 0. The van der Waals surface area contributed by atoms with Crippen molar-refractivity contribution in [3.63, 3.8) is 0 Å². The van der Waals surface area contributed by atoms with Crippen LogP contribution in [0.3, 0.4) is 0 Å². The lowest BCUT2D eigenvalue weighted by atomic mass is 10.5. The van der Waals surface area contributed by atoms with Gasteiger partial charge in [0.2, 0.25) is 0 Å². The van der Waals surface area contributed by atoms with E-state index in [1.54, 1.807) is 0 Å². The Bertz CT molecular complexity index is 57.0. The van der Waals surface area contributed by atoms with Crippen molar-refractivity contribution < 1.29 is 5.11 Å². The van der Waals surface area contributed by atoms with E-state index in [4.69, 9.17) is 16.7 Å². The summed E-state index contributed by atoms with van der Waals surface area (Å²) in [7, 11) is 6.00. The van der Waals surface area contributed by atoms with E-state index in [9.17, 15) is 0 Å². The molecule has 0 aliphatic heterocycles. The molecule has 0 aliphatic carbocycles. The number of halogens is 2. The fourth-order valence-electron chi connectivity index (χ4n) is 0.0412. The van der Waals surface area contributed by atoms with Crippen molar-refractivity contribution in [3.8, 4) is 0 Å². The maximum absolute atomic E-state index is 8.49. The summed E-state index contributed by atoms with van der Waals surface area (Å²) in [5, 5.41) is 9.05. The van der Waals surface area contributed by atoms with E-state index >= 15 is 0 Å². The molecule has 1 unspecified atom stereocenters. The normalized spacial score (nSPS) is 12.3. The highest BCUT2D eigenvalue weighted by atomic mass is 79.9. The number of aliphatic hydroxyl groups is 1. The van der Waals surface area contributed by atoms with E-state index in [1.807, 2.05) is 26.0 Å². The van der Waals surface area contributed by atoms with Crippen LogP contribution in [-0.2, 0) is 0 Å². The lowest BCUT2D eigenvalue weighted by Gasteiger charge is -1.95. The highest BCUT2D eigenvalue weighted by molar-refractivity contribution is 9.09. The standard InChI is InChI=1S/C3H6BrClO.C3H9N/c4-1-3(6)2-5;1-4(2)3/h3,6H,1-2H2;1-3H3. The second-order valence-electron chi connectivity index (χ2n) is 2.30. The summed E-state index contributed by atoms with van der Waals surface area (Å²) in [5.74, 6) is 0.311. The van der Waals surface area contributed by atoms with Gasteiger partial charge >= 0.3 is 0 Å². The molecule has 0 radical (unpaired) electrons. The van der Waals surface area contributed by atoms with Crippen LogP contribution in [0.2, 0.25) is 0 Å². The van der Waals surface area contributed by atoms with Crippen LogP contribution in [0.5, 0.6) is 0 Å². The minimum Gasteiger partial charge on any atom is -0.391 e. The zero-order chi connectivity index (χ0) is 8.57. The second kappa shape index (κ2) is 9.69. The van der Waals surface area contributed by atoms with Gasteiger partial charge in [-0.15, -0.1) is 11.6 Å². The molecule has 2 nitrogen and oxygen atoms in total. The highest BCUT2D eigenvalue weighted by Crippen LogP contribution is 1.90. The molecule has 1 N–H and O–H groups in total. The first-order valence-corrected chi connectivity index (χ1v) is 4.61. The largest absolute Gasteiger partial charge is 0.391 e. The van der Waals surface area contributed by atoms with Crippen molar-refractivity contribution in [2.75, 3.05) is 32.4 Å². The fraction of sp³-hybridized carbons (Fsp3) is 1.00. The molecule has 0 aromatic carbocycles. The van der Waals surface area contributed by atoms with Gasteiger partial charge in [0, 0.05) is 11.2 Å². The first-order chi connectivity index (χ1) is 4.54. The quantitative estimate of drug-likeness (QED) is 0.723. The Labute approximate surface area is 76.3 Å². The maximum Gasteiger partial charge on any atom is 0.0772 e. The van der Waals surface area contributed by atoms with Crippen LogP contribution in [0.15, 0.2) is 0 Å². The number of rotatable bonds is 2. The van der Waals surface area contributed by atoms with Gasteiger partial charge in [0.25, 0.3) is 0 Å². The number of nitrogens with zero attached hydrogens (tertiary/aromatic N) is 1. The molecule has 10 heavy (non-hydrogen) atoms. The third-order valence-electron chi connectivity index (χ3n) is 0.356. The summed E-state index contributed by atoms with van der Waals surface area (Å²) in [4.78, 5) is 2.00. The van der Waals surface area contributed by atoms with Crippen LogP contribution in [0.25, 0.3) is 0 Å². The Kier molecular flexibility index (Phi) is 12.9. The summed E-state index contributed by atoms with van der Waals surface area (Å²) in [6.45, 7) is 0. The predicted molar refractivity (Wildman–Crippen MR) is 50.1 cm³/mol. The highest BCUT2D eigenvalue weighted by Gasteiger charge is 1.94. The minimum absolute atomic E-state index is 0.311. The van der Waals surface area contributed by atoms with Crippen LogP contribution in [0, 0.1) is 0 Å². The maximum atomic E-state index is 8.49. The smallest absolute Gasteiger partial charge is 0.0772 e. The molecule has 0 fully saturated rings. The van der Waals surface area contributed by atoms with Gasteiger partial charge in [-0.1, -0.05) is 15.9 Å². The summed E-state index contributed by atoms with van der Waals surface area (Å²) < 4.78 is 0. The minimum atomic E-state index is -0.383. The first-order valence-electron chi connectivity index (χ1n) is 2.95. The van der Waals surface area contributed by atoms with Crippen LogP contribution in [0.1, 0.15) is 0 Å². The molecule has 4 heteroatoms. The van der Waals surface area contributed by atoms with Crippen molar-refractivity contribution >= 4 is 27.5 Å².